The van der Waals surface area contributed by atoms with Crippen LogP contribution in [0.15, 0.2) is 36.5 Å². The van der Waals surface area contributed by atoms with Gasteiger partial charge in [0.25, 0.3) is 0 Å². The van der Waals surface area contributed by atoms with Crippen LogP contribution in [0.5, 0.6) is 0 Å². The van der Waals surface area contributed by atoms with Crippen molar-refractivity contribution in [2.24, 2.45) is 0 Å². The van der Waals surface area contributed by atoms with Gasteiger partial charge in [0.2, 0.25) is 0 Å². The first kappa shape index (κ1) is 12.4. The predicted octanol–water partition coefficient (Wildman–Crippen LogP) is 3.04. The van der Waals surface area contributed by atoms with Crippen LogP contribution in [0.1, 0.15) is 5.56 Å². The van der Waals surface area contributed by atoms with Gasteiger partial charge in [0.05, 0.1) is 23.1 Å². The minimum atomic E-state index is -0.472. The molecular weight excluding hydrogens is 262 g/mol. The summed E-state index contributed by atoms with van der Waals surface area (Å²) < 4.78 is 26.6. The number of nitrogens with two attached hydrogens (primary N) is 1. The SMILES string of the molecule is Nc1cc2cn[nH]c2cc1NCc1cc(F)ccc1F. The molecule has 1 aromatic heterocycles. The van der Waals surface area contributed by atoms with E-state index in [1.54, 1.807) is 18.3 Å². The topological polar surface area (TPSA) is 66.7 Å². The third kappa shape index (κ3) is 2.27. The molecule has 0 bridgehead atoms. The van der Waals surface area contributed by atoms with E-state index in [-0.39, 0.29) is 12.1 Å². The second kappa shape index (κ2) is 4.80. The number of nitrogen functional groups attached to an aromatic ring is 1. The Kier molecular flexibility index (Phi) is 2.98. The largest absolute Gasteiger partial charge is 0.397 e. The molecule has 0 aliphatic rings. The molecule has 102 valence electrons. The van der Waals surface area contributed by atoms with Crippen LogP contribution in [0.2, 0.25) is 0 Å². The lowest BCUT2D eigenvalue weighted by Crippen LogP contribution is -2.04. The number of hydrogen-bond acceptors (Lipinski definition) is 3. The van der Waals surface area contributed by atoms with Crippen molar-refractivity contribution in [3.63, 3.8) is 0 Å². The monoisotopic (exact) mass is 274 g/mol. The zero-order chi connectivity index (χ0) is 14.1. The van der Waals surface area contributed by atoms with Crippen LogP contribution in [0.25, 0.3) is 10.9 Å². The van der Waals surface area contributed by atoms with Crippen LogP contribution in [0.3, 0.4) is 0 Å². The standard InChI is InChI=1S/C14H12F2N4/c15-10-1-2-11(16)8(3-10)6-18-14-5-13-9(4-12(14)17)7-19-20-13/h1-5,7,18H,6,17H2,(H,19,20). The van der Waals surface area contributed by atoms with E-state index in [2.05, 4.69) is 15.5 Å². The Morgan fingerprint density at radius 2 is 2.05 bits per heavy atom. The lowest BCUT2D eigenvalue weighted by atomic mass is 10.1. The fourth-order valence-corrected chi connectivity index (χ4v) is 2.03. The Labute approximate surface area is 113 Å². The molecule has 0 radical (unpaired) electrons. The third-order valence-electron chi connectivity index (χ3n) is 3.09. The van der Waals surface area contributed by atoms with Gasteiger partial charge in [-0.1, -0.05) is 0 Å². The highest BCUT2D eigenvalue weighted by Crippen LogP contribution is 2.25. The van der Waals surface area contributed by atoms with Gasteiger partial charge >= 0.3 is 0 Å². The Morgan fingerprint density at radius 3 is 2.90 bits per heavy atom. The fourth-order valence-electron chi connectivity index (χ4n) is 2.03. The van der Waals surface area contributed by atoms with Crippen LogP contribution in [-0.4, -0.2) is 10.2 Å². The predicted molar refractivity (Wildman–Crippen MR) is 74.2 cm³/mol. The van der Waals surface area contributed by atoms with E-state index in [9.17, 15) is 8.78 Å². The molecule has 1 heterocycles. The average Bonchev–Trinajstić information content (AvgIpc) is 2.86. The molecule has 0 aliphatic heterocycles. The van der Waals surface area contributed by atoms with Crippen molar-refractivity contribution in [1.82, 2.24) is 10.2 Å². The summed E-state index contributed by atoms with van der Waals surface area (Å²) in [5, 5.41) is 10.6. The molecule has 3 rings (SSSR count). The van der Waals surface area contributed by atoms with Crippen molar-refractivity contribution in [2.45, 2.75) is 6.54 Å². The van der Waals surface area contributed by atoms with Crippen molar-refractivity contribution >= 4 is 22.3 Å². The summed E-state index contributed by atoms with van der Waals surface area (Å²) in [6.07, 6.45) is 1.67. The van der Waals surface area contributed by atoms with Crippen molar-refractivity contribution in [3.8, 4) is 0 Å². The van der Waals surface area contributed by atoms with Gasteiger partial charge in [0.15, 0.2) is 0 Å². The molecule has 20 heavy (non-hydrogen) atoms. The summed E-state index contributed by atoms with van der Waals surface area (Å²) in [4.78, 5) is 0. The number of fused-ring (bicyclic) bond motifs is 1. The maximum absolute atomic E-state index is 13.5. The Morgan fingerprint density at radius 1 is 1.20 bits per heavy atom. The first-order valence-corrected chi connectivity index (χ1v) is 6.04. The van der Waals surface area contributed by atoms with E-state index >= 15 is 0 Å². The maximum Gasteiger partial charge on any atom is 0.128 e. The molecule has 0 saturated carbocycles. The van der Waals surface area contributed by atoms with Gasteiger partial charge in [-0.3, -0.25) is 5.10 Å². The lowest BCUT2D eigenvalue weighted by molar-refractivity contribution is 0.587. The van der Waals surface area contributed by atoms with Gasteiger partial charge < -0.3 is 11.1 Å². The molecule has 0 spiro atoms. The molecule has 0 aliphatic carbocycles. The van der Waals surface area contributed by atoms with E-state index in [0.717, 1.165) is 29.1 Å². The van der Waals surface area contributed by atoms with Crippen molar-refractivity contribution in [1.29, 1.82) is 0 Å². The molecule has 2 aromatic carbocycles. The molecule has 4 nitrogen and oxygen atoms in total. The van der Waals surface area contributed by atoms with E-state index in [1.807, 2.05) is 0 Å². The van der Waals surface area contributed by atoms with E-state index in [1.165, 1.54) is 0 Å². The quantitative estimate of drug-likeness (QED) is 0.643. The number of benzene rings is 2. The Balaban J connectivity index is 1.86. The van der Waals surface area contributed by atoms with Gasteiger partial charge in [0.1, 0.15) is 11.6 Å². The number of nitrogens with zero attached hydrogens (tertiary/aromatic N) is 1. The number of aromatic nitrogens is 2. The Hall–Kier alpha value is -2.63. The highest BCUT2D eigenvalue weighted by molar-refractivity contribution is 5.88. The van der Waals surface area contributed by atoms with E-state index < -0.39 is 11.6 Å². The van der Waals surface area contributed by atoms with E-state index in [0.29, 0.717) is 11.4 Å². The van der Waals surface area contributed by atoms with Crippen LogP contribution in [0.4, 0.5) is 20.2 Å². The molecule has 0 atom stereocenters. The van der Waals surface area contributed by atoms with E-state index in [4.69, 9.17) is 5.73 Å². The number of nitrogens with one attached hydrogen (secondary N) is 2. The summed E-state index contributed by atoms with van der Waals surface area (Å²) in [5.74, 6) is -0.930. The molecule has 3 aromatic rings. The number of halogens is 2. The molecule has 0 unspecified atom stereocenters. The van der Waals surface area contributed by atoms with Gasteiger partial charge in [-0.2, -0.15) is 5.10 Å². The third-order valence-corrected chi connectivity index (χ3v) is 3.09. The molecule has 0 saturated heterocycles. The summed E-state index contributed by atoms with van der Waals surface area (Å²) in [5.41, 5.74) is 8.14. The number of hydrogen-bond donors (Lipinski definition) is 3. The van der Waals surface area contributed by atoms with Crippen LogP contribution < -0.4 is 11.1 Å². The van der Waals surface area contributed by atoms with Gasteiger partial charge in [0, 0.05) is 17.5 Å². The smallest absolute Gasteiger partial charge is 0.128 e. The normalized spacial score (nSPS) is 10.9. The molecule has 0 amide bonds. The molecule has 0 fully saturated rings. The molecule has 6 heteroatoms. The molecule has 4 N–H and O–H groups in total. The van der Waals surface area contributed by atoms with Crippen LogP contribution in [0, 0.1) is 11.6 Å². The van der Waals surface area contributed by atoms with Crippen molar-refractivity contribution in [3.05, 3.63) is 53.7 Å². The zero-order valence-corrected chi connectivity index (χ0v) is 10.5. The van der Waals surface area contributed by atoms with Crippen molar-refractivity contribution < 1.29 is 8.78 Å². The summed E-state index contributed by atoms with van der Waals surface area (Å²) in [6.45, 7) is 0.146. The maximum atomic E-state index is 13.5. The number of rotatable bonds is 3. The number of H-pyrrole nitrogens is 1. The summed E-state index contributed by atoms with van der Waals surface area (Å²) >= 11 is 0. The van der Waals surface area contributed by atoms with Gasteiger partial charge in [-0.25, -0.2) is 8.78 Å². The average molecular weight is 274 g/mol. The highest BCUT2D eigenvalue weighted by Gasteiger charge is 2.07. The minimum Gasteiger partial charge on any atom is -0.397 e. The molecular formula is C14H12F2N4. The second-order valence-electron chi connectivity index (χ2n) is 4.49. The Bertz CT molecular complexity index is 767. The first-order valence-electron chi connectivity index (χ1n) is 6.04. The van der Waals surface area contributed by atoms with Gasteiger partial charge in [-0.05, 0) is 30.3 Å². The fraction of sp³-hybridized carbons (Fsp3) is 0.0714. The zero-order valence-electron chi connectivity index (χ0n) is 10.5. The summed E-state index contributed by atoms with van der Waals surface area (Å²) in [7, 11) is 0. The highest BCUT2D eigenvalue weighted by atomic mass is 19.1. The first-order chi connectivity index (χ1) is 9.63. The second-order valence-corrected chi connectivity index (χ2v) is 4.49. The van der Waals surface area contributed by atoms with Crippen molar-refractivity contribution in [2.75, 3.05) is 11.1 Å². The summed E-state index contributed by atoms with van der Waals surface area (Å²) in [6, 6.07) is 6.91. The lowest BCUT2D eigenvalue weighted by Gasteiger charge is -2.10. The van der Waals surface area contributed by atoms with Gasteiger partial charge in [-0.15, -0.1) is 0 Å². The van der Waals surface area contributed by atoms with Crippen LogP contribution >= 0.6 is 0 Å². The number of anilines is 2. The number of aromatic amines is 1. The van der Waals surface area contributed by atoms with Crippen LogP contribution in [-0.2, 0) is 6.54 Å². The minimum absolute atomic E-state index is 0.146.